The van der Waals surface area contributed by atoms with Crippen LogP contribution in [0.4, 0.5) is 4.39 Å². The number of nitrogens with zero attached hydrogens (tertiary/aromatic N) is 1. The summed E-state index contributed by atoms with van der Waals surface area (Å²) in [6.45, 7) is 0. The Morgan fingerprint density at radius 2 is 2.45 bits per heavy atom. The highest BCUT2D eigenvalue weighted by Gasteiger charge is 1.94. The van der Waals surface area contributed by atoms with Crippen LogP contribution in [0.3, 0.4) is 0 Å². The zero-order valence-corrected chi connectivity index (χ0v) is 6.61. The lowest BCUT2D eigenvalue weighted by Crippen LogP contribution is -1.83. The third-order valence-corrected chi connectivity index (χ3v) is 1.23. The van der Waals surface area contributed by atoms with Gasteiger partial charge in [-0.05, 0) is 6.07 Å². The van der Waals surface area contributed by atoms with Crippen molar-refractivity contribution in [2.75, 3.05) is 5.75 Å². The Balaban J connectivity index is 2.95. The monoisotopic (exact) mass is 167 g/mol. The third kappa shape index (κ3) is 2.24. The molecule has 1 heterocycles. The lowest BCUT2D eigenvalue weighted by Gasteiger charge is -1.89. The first-order valence-corrected chi connectivity index (χ1v) is 3.67. The maximum Gasteiger partial charge on any atom is 0.157 e. The maximum absolute atomic E-state index is 12.7. The van der Waals surface area contributed by atoms with E-state index in [0.717, 1.165) is 6.20 Å². The van der Waals surface area contributed by atoms with Gasteiger partial charge in [-0.15, -0.1) is 0 Å². The van der Waals surface area contributed by atoms with E-state index in [0.29, 0.717) is 11.3 Å². The van der Waals surface area contributed by atoms with Crippen molar-refractivity contribution < 1.29 is 4.39 Å². The molecule has 0 aliphatic heterocycles. The summed E-state index contributed by atoms with van der Waals surface area (Å²) in [5.74, 6) is 5.32. The van der Waals surface area contributed by atoms with E-state index in [9.17, 15) is 4.39 Å². The van der Waals surface area contributed by atoms with Crippen molar-refractivity contribution in [2.24, 2.45) is 0 Å². The molecule has 11 heavy (non-hydrogen) atoms. The van der Waals surface area contributed by atoms with Crippen molar-refractivity contribution in [3.8, 4) is 11.8 Å². The lowest BCUT2D eigenvalue weighted by atomic mass is 10.3. The molecule has 1 rings (SSSR count). The molecule has 0 N–H and O–H groups in total. The van der Waals surface area contributed by atoms with Gasteiger partial charge < -0.3 is 0 Å². The minimum Gasteiger partial charge on any atom is -0.262 e. The van der Waals surface area contributed by atoms with Gasteiger partial charge in [0.25, 0.3) is 0 Å². The molecule has 0 aliphatic carbocycles. The highest BCUT2D eigenvalue weighted by Crippen LogP contribution is 2.01. The number of aromatic nitrogens is 1. The first kappa shape index (κ1) is 8.09. The molecule has 0 atom stereocenters. The smallest absolute Gasteiger partial charge is 0.157 e. The molecule has 1 aromatic rings. The molecule has 0 aliphatic rings. The molecule has 0 fully saturated rings. The van der Waals surface area contributed by atoms with Crippen LogP contribution in [0.2, 0.25) is 0 Å². The fourth-order valence-corrected chi connectivity index (χ4v) is 0.690. The van der Waals surface area contributed by atoms with Crippen LogP contribution in [0.15, 0.2) is 18.5 Å². The molecule has 0 saturated carbocycles. The van der Waals surface area contributed by atoms with Crippen molar-refractivity contribution in [1.29, 1.82) is 0 Å². The Hall–Kier alpha value is -1.01. The number of hydrogen-bond donors (Lipinski definition) is 1. The molecule has 0 saturated heterocycles. The van der Waals surface area contributed by atoms with Crippen LogP contribution in [0.1, 0.15) is 5.56 Å². The number of pyridine rings is 1. The van der Waals surface area contributed by atoms with E-state index in [4.69, 9.17) is 0 Å². The summed E-state index contributed by atoms with van der Waals surface area (Å²) in [6, 6.07) is 1.53. The number of rotatable bonds is 0. The van der Waals surface area contributed by atoms with Crippen molar-refractivity contribution in [1.82, 2.24) is 4.98 Å². The molecule has 1 aromatic heterocycles. The first-order valence-electron chi connectivity index (χ1n) is 3.04. The van der Waals surface area contributed by atoms with Gasteiger partial charge in [0.15, 0.2) is 5.82 Å². The largest absolute Gasteiger partial charge is 0.262 e. The van der Waals surface area contributed by atoms with E-state index in [2.05, 4.69) is 29.5 Å². The molecule has 1 nitrogen and oxygen atoms in total. The quantitative estimate of drug-likeness (QED) is 0.456. The second-order valence-electron chi connectivity index (χ2n) is 1.82. The Bertz CT molecular complexity index is 300. The van der Waals surface area contributed by atoms with Crippen molar-refractivity contribution in [3.05, 3.63) is 29.8 Å². The van der Waals surface area contributed by atoms with Gasteiger partial charge in [0.2, 0.25) is 0 Å². The van der Waals surface area contributed by atoms with E-state index in [1.807, 2.05) is 0 Å². The Morgan fingerprint density at radius 3 is 3.09 bits per heavy atom. The zero-order chi connectivity index (χ0) is 8.10. The van der Waals surface area contributed by atoms with Gasteiger partial charge >= 0.3 is 0 Å². The summed E-state index contributed by atoms with van der Waals surface area (Å²) in [4.78, 5) is 3.59. The lowest BCUT2D eigenvalue weighted by molar-refractivity contribution is 0.618. The Kier molecular flexibility index (Phi) is 2.94. The Morgan fingerprint density at radius 1 is 1.64 bits per heavy atom. The van der Waals surface area contributed by atoms with Crippen LogP contribution in [0, 0.1) is 17.7 Å². The standard InChI is InChI=1S/C8H6FNS/c9-8-6-10-4-3-7(8)2-1-5-11/h3-4,6,11H,5H2. The van der Waals surface area contributed by atoms with Crippen molar-refractivity contribution in [3.63, 3.8) is 0 Å². The summed E-state index contributed by atoms with van der Waals surface area (Å²) >= 11 is 3.87. The molecule has 56 valence electrons. The van der Waals surface area contributed by atoms with Gasteiger partial charge in [0, 0.05) is 6.20 Å². The van der Waals surface area contributed by atoms with Crippen LogP contribution < -0.4 is 0 Å². The first-order chi connectivity index (χ1) is 5.34. The topological polar surface area (TPSA) is 12.9 Å². The van der Waals surface area contributed by atoms with Crippen LogP contribution >= 0.6 is 12.6 Å². The highest BCUT2D eigenvalue weighted by molar-refractivity contribution is 7.80. The van der Waals surface area contributed by atoms with Gasteiger partial charge in [-0.3, -0.25) is 4.98 Å². The molecule has 3 heteroatoms. The average Bonchev–Trinajstić information content (AvgIpc) is 2.03. The maximum atomic E-state index is 12.7. The van der Waals surface area contributed by atoms with Crippen LogP contribution in [-0.4, -0.2) is 10.7 Å². The van der Waals surface area contributed by atoms with Crippen LogP contribution in [0.25, 0.3) is 0 Å². The fourth-order valence-electron chi connectivity index (χ4n) is 0.611. The Labute approximate surface area is 70.1 Å². The second-order valence-corrected chi connectivity index (χ2v) is 2.13. The van der Waals surface area contributed by atoms with Crippen LogP contribution in [0.5, 0.6) is 0 Å². The summed E-state index contributed by atoms with van der Waals surface area (Å²) in [6.07, 6.45) is 2.65. The normalized spacial score (nSPS) is 8.55. The molecular weight excluding hydrogens is 161 g/mol. The fraction of sp³-hybridized carbons (Fsp3) is 0.125. The van der Waals surface area contributed by atoms with Crippen molar-refractivity contribution in [2.45, 2.75) is 0 Å². The van der Waals surface area contributed by atoms with Crippen molar-refractivity contribution >= 4 is 12.6 Å². The van der Waals surface area contributed by atoms with Gasteiger partial charge in [-0.2, -0.15) is 12.6 Å². The molecular formula is C8H6FNS. The van der Waals surface area contributed by atoms with Gasteiger partial charge in [0.05, 0.1) is 17.5 Å². The van der Waals surface area contributed by atoms with E-state index in [1.54, 1.807) is 0 Å². The minimum absolute atomic E-state index is 0.369. The van der Waals surface area contributed by atoms with Gasteiger partial charge in [-0.1, -0.05) is 11.8 Å². The van der Waals surface area contributed by atoms with Gasteiger partial charge in [-0.25, -0.2) is 4.39 Å². The summed E-state index contributed by atoms with van der Waals surface area (Å²) in [7, 11) is 0. The molecule has 0 unspecified atom stereocenters. The molecule has 0 amide bonds. The van der Waals surface area contributed by atoms with E-state index < -0.39 is 0 Å². The summed E-state index contributed by atoms with van der Waals surface area (Å²) < 4.78 is 12.7. The number of halogens is 1. The average molecular weight is 167 g/mol. The predicted octanol–water partition coefficient (Wildman–Crippen LogP) is 1.50. The molecule has 0 bridgehead atoms. The highest BCUT2D eigenvalue weighted by atomic mass is 32.1. The third-order valence-electron chi connectivity index (χ3n) is 1.07. The molecule has 0 aromatic carbocycles. The van der Waals surface area contributed by atoms with E-state index >= 15 is 0 Å². The van der Waals surface area contributed by atoms with Crippen LogP contribution in [-0.2, 0) is 0 Å². The SMILES string of the molecule is Fc1cnccc1C#CCS. The summed E-state index contributed by atoms with van der Waals surface area (Å²) in [5.41, 5.74) is 0.369. The van der Waals surface area contributed by atoms with E-state index in [1.165, 1.54) is 12.3 Å². The second kappa shape index (κ2) is 3.99. The number of hydrogen-bond acceptors (Lipinski definition) is 2. The number of thiol groups is 1. The summed E-state index contributed by atoms with van der Waals surface area (Å²) in [5, 5.41) is 0. The predicted molar refractivity (Wildman–Crippen MR) is 44.9 cm³/mol. The van der Waals surface area contributed by atoms with E-state index in [-0.39, 0.29) is 5.82 Å². The van der Waals surface area contributed by atoms with Gasteiger partial charge in [0.1, 0.15) is 0 Å². The minimum atomic E-state index is -0.387. The zero-order valence-electron chi connectivity index (χ0n) is 5.71. The molecule has 0 radical (unpaired) electrons. The molecule has 0 spiro atoms.